The number of benzene rings is 1. The van der Waals surface area contributed by atoms with Gasteiger partial charge < -0.3 is 16.0 Å². The standard InChI is InChI=1S/C11H12N5O4P/c12-10-6-5-8(11(13)14-10)16-15-7-3-1-2-4-9(7)20-21(17,18)19/h1-6H,(H4,12,13,14)(H2,17,18,19)/b16-15+. The summed E-state index contributed by atoms with van der Waals surface area (Å²) < 4.78 is 15.4. The number of rotatable bonds is 4. The molecule has 9 nitrogen and oxygen atoms in total. The molecule has 2 rings (SSSR count). The monoisotopic (exact) mass is 309 g/mol. The van der Waals surface area contributed by atoms with Crippen molar-refractivity contribution < 1.29 is 18.9 Å². The maximum atomic E-state index is 10.9. The molecule has 0 spiro atoms. The Hall–Kier alpha value is -2.48. The molecule has 1 aromatic carbocycles. The van der Waals surface area contributed by atoms with E-state index in [4.69, 9.17) is 21.3 Å². The highest BCUT2D eigenvalue weighted by Crippen LogP contribution is 2.42. The van der Waals surface area contributed by atoms with Crippen LogP contribution in [0.3, 0.4) is 0 Å². The fourth-order valence-electron chi connectivity index (χ4n) is 1.42. The number of hydrogen-bond acceptors (Lipinski definition) is 7. The molecular weight excluding hydrogens is 297 g/mol. The molecule has 0 aliphatic rings. The van der Waals surface area contributed by atoms with Crippen molar-refractivity contribution in [3.8, 4) is 5.75 Å². The lowest BCUT2D eigenvalue weighted by atomic mass is 10.3. The molecule has 1 aromatic heterocycles. The van der Waals surface area contributed by atoms with Gasteiger partial charge in [0, 0.05) is 0 Å². The van der Waals surface area contributed by atoms with E-state index in [0.29, 0.717) is 0 Å². The lowest BCUT2D eigenvalue weighted by molar-refractivity contribution is 0.283. The second kappa shape index (κ2) is 5.88. The first-order valence-electron chi connectivity index (χ1n) is 5.63. The summed E-state index contributed by atoms with van der Waals surface area (Å²) in [5.41, 5.74) is 11.5. The molecule has 2 aromatic rings. The van der Waals surface area contributed by atoms with Gasteiger partial charge in [0.15, 0.2) is 11.6 Å². The Labute approximate surface area is 119 Å². The van der Waals surface area contributed by atoms with E-state index in [9.17, 15) is 4.57 Å². The Bertz CT molecular complexity index is 730. The number of aromatic nitrogens is 1. The highest BCUT2D eigenvalue weighted by Gasteiger charge is 2.18. The van der Waals surface area contributed by atoms with E-state index in [2.05, 4.69) is 19.7 Å². The van der Waals surface area contributed by atoms with Gasteiger partial charge in [0.25, 0.3) is 0 Å². The van der Waals surface area contributed by atoms with Crippen LogP contribution in [0, 0.1) is 0 Å². The largest absolute Gasteiger partial charge is 0.524 e. The molecule has 0 radical (unpaired) electrons. The number of hydrogen-bond donors (Lipinski definition) is 4. The number of pyridine rings is 1. The molecule has 0 aliphatic carbocycles. The van der Waals surface area contributed by atoms with Gasteiger partial charge in [-0.05, 0) is 24.3 Å². The van der Waals surface area contributed by atoms with Crippen LogP contribution >= 0.6 is 7.82 Å². The molecule has 0 atom stereocenters. The number of anilines is 2. The highest BCUT2D eigenvalue weighted by atomic mass is 31.2. The van der Waals surface area contributed by atoms with Gasteiger partial charge in [0.05, 0.1) is 0 Å². The Morgan fingerprint density at radius 2 is 1.71 bits per heavy atom. The maximum Gasteiger partial charge on any atom is 0.524 e. The van der Waals surface area contributed by atoms with Crippen LogP contribution in [0.2, 0.25) is 0 Å². The molecule has 6 N–H and O–H groups in total. The van der Waals surface area contributed by atoms with Gasteiger partial charge in [-0.25, -0.2) is 9.55 Å². The van der Waals surface area contributed by atoms with Crippen molar-refractivity contribution >= 4 is 30.8 Å². The van der Waals surface area contributed by atoms with Crippen molar-refractivity contribution in [2.45, 2.75) is 0 Å². The van der Waals surface area contributed by atoms with Gasteiger partial charge in [-0.15, -0.1) is 10.2 Å². The van der Waals surface area contributed by atoms with E-state index in [1.165, 1.54) is 24.3 Å². The minimum absolute atomic E-state index is 0.0899. The molecule has 10 heteroatoms. The lowest BCUT2D eigenvalue weighted by Gasteiger charge is -2.08. The summed E-state index contributed by atoms with van der Waals surface area (Å²) in [6, 6.07) is 9.03. The van der Waals surface area contributed by atoms with Crippen LogP contribution in [0.15, 0.2) is 46.6 Å². The van der Waals surface area contributed by atoms with Gasteiger partial charge in [0.1, 0.15) is 17.2 Å². The molecule has 1 heterocycles. The number of nitrogen functional groups attached to an aromatic ring is 2. The van der Waals surface area contributed by atoms with Crippen LogP contribution < -0.4 is 16.0 Å². The number of nitrogens with two attached hydrogens (primary N) is 2. The van der Waals surface area contributed by atoms with Gasteiger partial charge >= 0.3 is 7.82 Å². The first kappa shape index (κ1) is 14.9. The number of phosphoric acid groups is 1. The van der Waals surface area contributed by atoms with Crippen molar-refractivity contribution in [1.29, 1.82) is 0 Å². The number of para-hydroxylation sites is 1. The summed E-state index contributed by atoms with van der Waals surface area (Å²) in [5.74, 6) is 0.236. The molecule has 0 fully saturated rings. The van der Waals surface area contributed by atoms with Crippen LogP contribution in [0.4, 0.5) is 23.0 Å². The molecule has 110 valence electrons. The third-order valence-electron chi connectivity index (χ3n) is 2.27. The zero-order valence-electron chi connectivity index (χ0n) is 10.6. The maximum absolute atomic E-state index is 10.9. The second-order valence-corrected chi connectivity index (χ2v) is 5.05. The Balaban J connectivity index is 2.31. The van der Waals surface area contributed by atoms with Crippen molar-refractivity contribution in [3.05, 3.63) is 36.4 Å². The predicted octanol–water partition coefficient (Wildman–Crippen LogP) is 2.13. The highest BCUT2D eigenvalue weighted by molar-refractivity contribution is 7.46. The van der Waals surface area contributed by atoms with Crippen LogP contribution in [0.1, 0.15) is 0 Å². The average Bonchev–Trinajstić information content (AvgIpc) is 2.37. The van der Waals surface area contributed by atoms with Crippen LogP contribution in [0.25, 0.3) is 0 Å². The minimum atomic E-state index is -4.68. The second-order valence-electron chi connectivity index (χ2n) is 3.89. The number of nitrogens with zero attached hydrogens (tertiary/aromatic N) is 3. The molecule has 0 unspecified atom stereocenters. The normalized spacial score (nSPS) is 11.7. The zero-order valence-corrected chi connectivity index (χ0v) is 11.5. The fourth-order valence-corrected chi connectivity index (χ4v) is 1.83. The first-order chi connectivity index (χ1) is 9.85. The molecule has 0 amide bonds. The number of phosphoric ester groups is 1. The minimum Gasteiger partial charge on any atom is -0.402 e. The lowest BCUT2D eigenvalue weighted by Crippen LogP contribution is -1.95. The van der Waals surface area contributed by atoms with Crippen molar-refractivity contribution in [2.75, 3.05) is 11.5 Å². The molecule has 0 bridgehead atoms. The first-order valence-corrected chi connectivity index (χ1v) is 7.16. The third kappa shape index (κ3) is 4.25. The zero-order chi connectivity index (χ0) is 15.5. The third-order valence-corrected chi connectivity index (χ3v) is 2.71. The van der Waals surface area contributed by atoms with Crippen LogP contribution in [-0.4, -0.2) is 14.8 Å². The van der Waals surface area contributed by atoms with E-state index in [0.717, 1.165) is 0 Å². The average molecular weight is 309 g/mol. The molecule has 21 heavy (non-hydrogen) atoms. The van der Waals surface area contributed by atoms with Crippen molar-refractivity contribution in [2.24, 2.45) is 10.2 Å². The Morgan fingerprint density at radius 1 is 1.05 bits per heavy atom. The topological polar surface area (TPSA) is 156 Å². The van der Waals surface area contributed by atoms with Crippen molar-refractivity contribution in [1.82, 2.24) is 4.98 Å². The summed E-state index contributed by atoms with van der Waals surface area (Å²) >= 11 is 0. The summed E-state index contributed by atoms with van der Waals surface area (Å²) in [5, 5.41) is 7.70. The van der Waals surface area contributed by atoms with Crippen molar-refractivity contribution in [3.63, 3.8) is 0 Å². The van der Waals surface area contributed by atoms with E-state index < -0.39 is 7.82 Å². The summed E-state index contributed by atoms with van der Waals surface area (Å²) in [7, 11) is -4.68. The Morgan fingerprint density at radius 3 is 2.38 bits per heavy atom. The molecule has 0 saturated heterocycles. The van der Waals surface area contributed by atoms with Gasteiger partial charge in [-0.2, -0.15) is 0 Å². The van der Waals surface area contributed by atoms with E-state index >= 15 is 0 Å². The SMILES string of the molecule is Nc1ccc(/N=N/c2ccccc2OP(=O)(O)O)c(N)n1. The molecule has 0 aliphatic heterocycles. The smallest absolute Gasteiger partial charge is 0.402 e. The summed E-state index contributed by atoms with van der Waals surface area (Å²) in [6.07, 6.45) is 0. The fraction of sp³-hybridized carbons (Fsp3) is 0. The summed E-state index contributed by atoms with van der Waals surface area (Å²) in [6.45, 7) is 0. The molecular formula is C11H12N5O4P. The van der Waals surface area contributed by atoms with Gasteiger partial charge in [0.2, 0.25) is 0 Å². The number of azo groups is 1. The van der Waals surface area contributed by atoms with E-state index in [1.807, 2.05) is 0 Å². The van der Waals surface area contributed by atoms with Gasteiger partial charge in [-0.3, -0.25) is 9.79 Å². The van der Waals surface area contributed by atoms with Crippen LogP contribution in [0.5, 0.6) is 5.75 Å². The Kier molecular flexibility index (Phi) is 4.18. The molecule has 0 saturated carbocycles. The van der Waals surface area contributed by atoms with Gasteiger partial charge in [-0.1, -0.05) is 12.1 Å². The summed E-state index contributed by atoms with van der Waals surface area (Å²) in [4.78, 5) is 21.5. The van der Waals surface area contributed by atoms with Crippen LogP contribution in [-0.2, 0) is 4.57 Å². The van der Waals surface area contributed by atoms with E-state index in [-0.39, 0.29) is 28.8 Å². The van der Waals surface area contributed by atoms with E-state index in [1.54, 1.807) is 12.1 Å². The predicted molar refractivity (Wildman–Crippen MR) is 76.4 cm³/mol. The quantitative estimate of drug-likeness (QED) is 0.497.